The van der Waals surface area contributed by atoms with Gasteiger partial charge < -0.3 is 0 Å². The molecule has 1 atom stereocenters. The van der Waals surface area contributed by atoms with Crippen LogP contribution in [0.3, 0.4) is 0 Å². The number of thiophene rings is 1. The van der Waals surface area contributed by atoms with E-state index in [2.05, 4.69) is 27.0 Å². The lowest BCUT2D eigenvalue weighted by atomic mass is 10.0. The number of aryl methyl sites for hydroxylation is 1. The van der Waals surface area contributed by atoms with Gasteiger partial charge in [-0.3, -0.25) is 9.78 Å². The molecule has 0 amide bonds. The smallest absolute Gasteiger partial charge is 0.181 e. The molecule has 86 valence electrons. The minimum atomic E-state index is -0.0447. The monoisotopic (exact) mass is 307 g/mol. The van der Waals surface area contributed by atoms with E-state index >= 15 is 0 Å². The van der Waals surface area contributed by atoms with Crippen molar-refractivity contribution >= 4 is 33.0 Å². The van der Waals surface area contributed by atoms with Gasteiger partial charge in [0, 0.05) is 16.0 Å². The molecule has 2 aromatic rings. The first-order valence-electron chi connectivity index (χ1n) is 5.48. The fourth-order valence-electron chi connectivity index (χ4n) is 2.28. The van der Waals surface area contributed by atoms with Gasteiger partial charge in [0.05, 0.1) is 16.5 Å². The lowest BCUT2D eigenvalue weighted by Crippen LogP contribution is -2.09. The number of pyridine rings is 1. The van der Waals surface area contributed by atoms with Crippen molar-refractivity contribution in [2.45, 2.75) is 18.8 Å². The van der Waals surface area contributed by atoms with E-state index in [0.717, 1.165) is 27.9 Å². The van der Waals surface area contributed by atoms with Crippen LogP contribution in [0, 0.1) is 0 Å². The van der Waals surface area contributed by atoms with Crippen LogP contribution < -0.4 is 0 Å². The highest BCUT2D eigenvalue weighted by Crippen LogP contribution is 2.35. The van der Waals surface area contributed by atoms with Crippen molar-refractivity contribution in [3.63, 3.8) is 0 Å². The fourth-order valence-corrected chi connectivity index (χ4v) is 3.70. The van der Waals surface area contributed by atoms with Crippen molar-refractivity contribution in [1.82, 2.24) is 4.98 Å². The van der Waals surface area contributed by atoms with Crippen molar-refractivity contribution in [3.05, 3.63) is 50.4 Å². The molecule has 0 saturated carbocycles. The van der Waals surface area contributed by atoms with Crippen LogP contribution in [-0.2, 0) is 6.42 Å². The average Bonchev–Trinajstić information content (AvgIpc) is 2.94. The zero-order chi connectivity index (χ0) is 11.8. The van der Waals surface area contributed by atoms with Crippen LogP contribution >= 0.6 is 27.3 Å². The second-order valence-corrected chi connectivity index (χ2v) is 5.96. The fraction of sp³-hybridized carbons (Fsp3) is 0.231. The minimum absolute atomic E-state index is 0.0447. The molecular formula is C13H10BrNOS. The van der Waals surface area contributed by atoms with Gasteiger partial charge >= 0.3 is 0 Å². The summed E-state index contributed by atoms with van der Waals surface area (Å²) in [5.74, 6) is 0.162. The number of ketones is 1. The van der Waals surface area contributed by atoms with Gasteiger partial charge in [-0.15, -0.1) is 11.3 Å². The number of halogens is 1. The summed E-state index contributed by atoms with van der Waals surface area (Å²) < 4.78 is 0.977. The third-order valence-corrected chi connectivity index (χ3v) is 4.79. The van der Waals surface area contributed by atoms with E-state index in [1.54, 1.807) is 6.20 Å². The maximum absolute atomic E-state index is 12.4. The molecule has 0 aliphatic heterocycles. The number of carbonyl (C=O) groups is 1. The van der Waals surface area contributed by atoms with Crippen LogP contribution in [0.2, 0.25) is 0 Å². The van der Waals surface area contributed by atoms with Crippen LogP contribution in [0.25, 0.3) is 0 Å². The quantitative estimate of drug-likeness (QED) is 0.790. The Morgan fingerprint density at radius 1 is 1.53 bits per heavy atom. The molecule has 0 fully saturated rings. The van der Waals surface area contributed by atoms with Gasteiger partial charge in [-0.1, -0.05) is 6.07 Å². The molecule has 1 aliphatic rings. The molecule has 0 aromatic carbocycles. The molecule has 2 nitrogen and oxygen atoms in total. The van der Waals surface area contributed by atoms with Gasteiger partial charge in [-0.2, -0.15) is 0 Å². The molecule has 0 spiro atoms. The zero-order valence-corrected chi connectivity index (χ0v) is 11.4. The second kappa shape index (κ2) is 4.35. The van der Waals surface area contributed by atoms with Gasteiger partial charge in [-0.05, 0) is 46.5 Å². The number of nitrogens with zero attached hydrogens (tertiary/aromatic N) is 1. The maximum atomic E-state index is 12.4. The Morgan fingerprint density at radius 2 is 2.41 bits per heavy atom. The van der Waals surface area contributed by atoms with E-state index in [0.29, 0.717) is 0 Å². The Balaban J connectivity index is 1.95. The van der Waals surface area contributed by atoms with Crippen molar-refractivity contribution in [1.29, 1.82) is 0 Å². The first-order valence-corrected chi connectivity index (χ1v) is 7.15. The highest BCUT2D eigenvalue weighted by Gasteiger charge is 2.30. The standard InChI is InChI=1S/C13H10BrNOS/c14-9-6-11(17-7-9)13(16)10-4-3-8-2-1-5-15-12(8)10/h1-2,5-7,10H,3-4H2. The molecule has 1 unspecified atom stereocenters. The van der Waals surface area contributed by atoms with Crippen molar-refractivity contribution in [3.8, 4) is 0 Å². The molecule has 0 radical (unpaired) electrons. The highest BCUT2D eigenvalue weighted by molar-refractivity contribution is 9.10. The van der Waals surface area contributed by atoms with Crippen molar-refractivity contribution in [2.75, 3.05) is 0 Å². The summed E-state index contributed by atoms with van der Waals surface area (Å²) in [6, 6.07) is 5.90. The van der Waals surface area contributed by atoms with E-state index in [4.69, 9.17) is 0 Å². The Bertz CT molecular complexity index is 578. The Labute approximate surface area is 112 Å². The van der Waals surface area contributed by atoms with Gasteiger partial charge in [0.15, 0.2) is 5.78 Å². The van der Waals surface area contributed by atoms with Crippen LogP contribution in [0.15, 0.2) is 34.2 Å². The topological polar surface area (TPSA) is 30.0 Å². The number of Topliss-reactive ketones (excluding diaryl/α,β-unsaturated/α-hetero) is 1. The summed E-state index contributed by atoms with van der Waals surface area (Å²) >= 11 is 4.88. The summed E-state index contributed by atoms with van der Waals surface area (Å²) in [4.78, 5) is 17.6. The molecule has 17 heavy (non-hydrogen) atoms. The maximum Gasteiger partial charge on any atom is 0.181 e. The lowest BCUT2D eigenvalue weighted by molar-refractivity contribution is 0.0962. The van der Waals surface area contributed by atoms with Gasteiger partial charge in [-0.25, -0.2) is 0 Å². The number of fused-ring (bicyclic) bond motifs is 1. The summed E-state index contributed by atoms with van der Waals surface area (Å²) in [7, 11) is 0. The first-order chi connectivity index (χ1) is 8.25. The van der Waals surface area contributed by atoms with E-state index in [1.807, 2.05) is 17.5 Å². The van der Waals surface area contributed by atoms with Crippen molar-refractivity contribution in [2.24, 2.45) is 0 Å². The predicted octanol–water partition coefficient (Wildman–Crippen LogP) is 3.82. The summed E-state index contributed by atoms with van der Waals surface area (Å²) in [6.07, 6.45) is 3.63. The third-order valence-electron chi connectivity index (χ3n) is 3.09. The zero-order valence-electron chi connectivity index (χ0n) is 9.02. The molecule has 0 N–H and O–H groups in total. The highest BCUT2D eigenvalue weighted by atomic mass is 79.9. The van der Waals surface area contributed by atoms with Gasteiger partial charge in [0.1, 0.15) is 0 Å². The van der Waals surface area contributed by atoms with Gasteiger partial charge in [0.2, 0.25) is 0 Å². The molecule has 2 heterocycles. The van der Waals surface area contributed by atoms with E-state index in [9.17, 15) is 4.79 Å². The normalized spacial score (nSPS) is 18.1. The first kappa shape index (κ1) is 11.1. The lowest BCUT2D eigenvalue weighted by Gasteiger charge is -2.07. The largest absolute Gasteiger partial charge is 0.293 e. The molecule has 0 bridgehead atoms. The molecule has 1 aliphatic carbocycles. The average molecular weight is 308 g/mol. The van der Waals surface area contributed by atoms with Crippen LogP contribution in [-0.4, -0.2) is 10.8 Å². The van der Waals surface area contributed by atoms with Crippen LogP contribution in [0.5, 0.6) is 0 Å². The summed E-state index contributed by atoms with van der Waals surface area (Å²) in [6.45, 7) is 0. The summed E-state index contributed by atoms with van der Waals surface area (Å²) in [5.41, 5.74) is 2.20. The van der Waals surface area contributed by atoms with E-state index < -0.39 is 0 Å². The Morgan fingerprint density at radius 3 is 3.18 bits per heavy atom. The van der Waals surface area contributed by atoms with Crippen molar-refractivity contribution < 1.29 is 4.79 Å². The van der Waals surface area contributed by atoms with Crippen LogP contribution in [0.1, 0.15) is 33.3 Å². The number of hydrogen-bond acceptors (Lipinski definition) is 3. The van der Waals surface area contributed by atoms with E-state index in [-0.39, 0.29) is 11.7 Å². The number of carbonyl (C=O) groups excluding carboxylic acids is 1. The van der Waals surface area contributed by atoms with Gasteiger partial charge in [0.25, 0.3) is 0 Å². The van der Waals surface area contributed by atoms with Crippen LogP contribution in [0.4, 0.5) is 0 Å². The number of hydrogen-bond donors (Lipinski definition) is 0. The predicted molar refractivity (Wildman–Crippen MR) is 71.6 cm³/mol. The van der Waals surface area contributed by atoms with E-state index in [1.165, 1.54) is 16.9 Å². The SMILES string of the molecule is O=C(c1cc(Br)cs1)C1CCc2cccnc21. The molecule has 0 saturated heterocycles. The second-order valence-electron chi connectivity index (χ2n) is 4.13. The Hall–Kier alpha value is -1.00. The third kappa shape index (κ3) is 1.96. The molecule has 4 heteroatoms. The number of rotatable bonds is 2. The summed E-state index contributed by atoms with van der Waals surface area (Å²) in [5, 5.41) is 1.95. The number of aromatic nitrogens is 1. The minimum Gasteiger partial charge on any atom is -0.293 e. The molecule has 2 aromatic heterocycles. The molecular weight excluding hydrogens is 298 g/mol. The molecule has 3 rings (SSSR count). The Kier molecular flexibility index (Phi) is 2.84.